The minimum Gasteiger partial charge on any atom is -0.462 e. The molecule has 0 saturated heterocycles. The van der Waals surface area contributed by atoms with Crippen molar-refractivity contribution in [3.05, 3.63) is 12.2 Å². The zero-order valence-corrected chi connectivity index (χ0v) is 17.1. The van der Waals surface area contributed by atoms with Gasteiger partial charge in [0.2, 0.25) is 0 Å². The lowest BCUT2D eigenvalue weighted by Gasteiger charge is -2.15. The van der Waals surface area contributed by atoms with E-state index in [-0.39, 0.29) is 18.0 Å². The fourth-order valence-electron chi connectivity index (χ4n) is 2.85. The van der Waals surface area contributed by atoms with Gasteiger partial charge in [-0.3, -0.25) is 9.59 Å². The molecule has 0 spiro atoms. The number of unbranched alkanes of at least 4 members (excludes halogenated alkanes) is 8. The summed E-state index contributed by atoms with van der Waals surface area (Å²) in [7, 11) is 1.59. The molecule has 26 heavy (non-hydrogen) atoms. The van der Waals surface area contributed by atoms with Gasteiger partial charge in [-0.1, -0.05) is 57.6 Å². The Kier molecular flexibility index (Phi) is 17.5. The van der Waals surface area contributed by atoms with Crippen molar-refractivity contribution in [3.63, 3.8) is 0 Å². The highest BCUT2D eigenvalue weighted by molar-refractivity contribution is 5.68. The van der Waals surface area contributed by atoms with Crippen LogP contribution in [-0.2, 0) is 19.2 Å². The first kappa shape index (κ1) is 24.6. The van der Waals surface area contributed by atoms with E-state index in [1.807, 2.05) is 0 Å². The van der Waals surface area contributed by atoms with Gasteiger partial charge in [-0.25, -0.2) is 0 Å². The summed E-state index contributed by atoms with van der Waals surface area (Å²) in [6, 6.07) is 0. The van der Waals surface area contributed by atoms with E-state index in [9.17, 15) is 9.59 Å². The minimum absolute atomic E-state index is 0.0259. The van der Waals surface area contributed by atoms with Crippen molar-refractivity contribution in [1.29, 1.82) is 0 Å². The molecule has 5 nitrogen and oxygen atoms in total. The normalized spacial score (nSPS) is 12.3. The number of ether oxygens (including phenoxy) is 1. The summed E-state index contributed by atoms with van der Waals surface area (Å²) in [6.45, 7) is 3.69. The highest BCUT2D eigenvalue weighted by Gasteiger charge is 2.09. The van der Waals surface area contributed by atoms with Crippen LogP contribution in [0.15, 0.2) is 12.2 Å². The second-order valence-electron chi connectivity index (χ2n) is 6.77. The lowest BCUT2D eigenvalue weighted by molar-refractivity contribution is -0.150. The molecule has 0 aliphatic heterocycles. The molecule has 0 aromatic carbocycles. The number of hydrogen-bond donors (Lipinski definition) is 1. The van der Waals surface area contributed by atoms with E-state index >= 15 is 0 Å². The Balaban J connectivity index is 3.67. The van der Waals surface area contributed by atoms with Gasteiger partial charge in [0.05, 0.1) is 0 Å². The Hall–Kier alpha value is -1.36. The number of allylic oxidation sites excluding steroid dienone is 1. The number of hydroxylamine groups is 1. The molecule has 0 saturated carbocycles. The predicted octanol–water partition coefficient (Wildman–Crippen LogP) is 5.24. The van der Waals surface area contributed by atoms with E-state index in [1.165, 1.54) is 32.6 Å². The van der Waals surface area contributed by atoms with Crippen LogP contribution in [0.25, 0.3) is 0 Å². The van der Waals surface area contributed by atoms with E-state index in [0.717, 1.165) is 51.4 Å². The zero-order valence-electron chi connectivity index (χ0n) is 17.1. The number of esters is 1. The number of hydrogen-bond acceptors (Lipinski definition) is 5. The van der Waals surface area contributed by atoms with Gasteiger partial charge < -0.3 is 9.57 Å². The first-order valence-electron chi connectivity index (χ1n) is 10.3. The first-order chi connectivity index (χ1) is 12.6. The van der Waals surface area contributed by atoms with Crippen LogP contribution in [0.3, 0.4) is 0 Å². The number of nitrogens with one attached hydrogen (secondary N) is 1. The van der Waals surface area contributed by atoms with Gasteiger partial charge in [-0.15, -0.1) is 0 Å². The summed E-state index contributed by atoms with van der Waals surface area (Å²) in [6.07, 6.45) is 17.9. The van der Waals surface area contributed by atoms with Crippen LogP contribution in [-0.4, -0.2) is 25.1 Å². The van der Waals surface area contributed by atoms with Crippen LogP contribution in [0, 0.1) is 0 Å². The van der Waals surface area contributed by atoms with Gasteiger partial charge in [-0.05, 0) is 32.1 Å². The van der Waals surface area contributed by atoms with E-state index in [0.29, 0.717) is 6.42 Å². The highest BCUT2D eigenvalue weighted by Crippen LogP contribution is 2.13. The average Bonchev–Trinajstić information content (AvgIpc) is 2.59. The molecule has 0 radical (unpaired) electrons. The van der Waals surface area contributed by atoms with Crippen LogP contribution in [0.4, 0.5) is 0 Å². The number of carbonyl (C=O) groups excluding carboxylic acids is 2. The Labute approximate surface area is 159 Å². The van der Waals surface area contributed by atoms with Crippen molar-refractivity contribution in [3.8, 4) is 0 Å². The maximum Gasteiger partial charge on any atom is 0.324 e. The largest absolute Gasteiger partial charge is 0.462 e. The molecule has 0 aliphatic carbocycles. The lowest BCUT2D eigenvalue weighted by atomic mass is 10.1. The third-order valence-electron chi connectivity index (χ3n) is 4.25. The van der Waals surface area contributed by atoms with Gasteiger partial charge in [0, 0.05) is 26.8 Å². The summed E-state index contributed by atoms with van der Waals surface area (Å²) >= 11 is 0. The minimum atomic E-state index is -0.188. The SMILES string of the molecule is CCCCCCC(C/C=C/CCCCCCCC(=O)ONC)OC(C)=O. The summed E-state index contributed by atoms with van der Waals surface area (Å²) < 4.78 is 5.41. The predicted molar refractivity (Wildman–Crippen MR) is 106 cm³/mol. The van der Waals surface area contributed by atoms with E-state index in [4.69, 9.17) is 4.74 Å². The van der Waals surface area contributed by atoms with Gasteiger partial charge in [0.15, 0.2) is 0 Å². The maximum absolute atomic E-state index is 11.2. The molecular formula is C21H39NO4. The average molecular weight is 370 g/mol. The summed E-state index contributed by atoms with van der Waals surface area (Å²) in [4.78, 5) is 27.0. The summed E-state index contributed by atoms with van der Waals surface area (Å²) in [5.74, 6) is -0.370. The van der Waals surface area contributed by atoms with Crippen LogP contribution in [0.2, 0.25) is 0 Å². The molecule has 0 bridgehead atoms. The standard InChI is InChI=1S/C21H39NO4/c1-4-5-6-13-16-20(25-19(2)23)17-14-11-9-7-8-10-12-15-18-21(24)26-22-3/h11,14,20,22H,4-10,12-13,15-18H2,1-3H3/b14-11+. The summed E-state index contributed by atoms with van der Waals surface area (Å²) in [5, 5.41) is 0. The molecular weight excluding hydrogens is 330 g/mol. The monoisotopic (exact) mass is 369 g/mol. The Bertz CT molecular complexity index is 382. The Morgan fingerprint density at radius 2 is 1.65 bits per heavy atom. The molecule has 0 aromatic rings. The lowest BCUT2D eigenvalue weighted by Crippen LogP contribution is -2.15. The molecule has 0 aromatic heterocycles. The molecule has 0 amide bonds. The highest BCUT2D eigenvalue weighted by atomic mass is 16.7. The molecule has 0 fully saturated rings. The van der Waals surface area contributed by atoms with E-state index in [1.54, 1.807) is 7.05 Å². The second-order valence-corrected chi connectivity index (χ2v) is 6.77. The van der Waals surface area contributed by atoms with Crippen molar-refractivity contribution in [2.24, 2.45) is 0 Å². The van der Waals surface area contributed by atoms with Crippen molar-refractivity contribution in [2.45, 2.75) is 103 Å². The first-order valence-corrected chi connectivity index (χ1v) is 10.3. The van der Waals surface area contributed by atoms with Crippen LogP contribution in [0.5, 0.6) is 0 Å². The smallest absolute Gasteiger partial charge is 0.324 e. The molecule has 1 atom stereocenters. The molecule has 0 heterocycles. The van der Waals surface area contributed by atoms with Gasteiger partial charge in [0.1, 0.15) is 6.10 Å². The number of carbonyl (C=O) groups is 2. The van der Waals surface area contributed by atoms with Gasteiger partial charge >= 0.3 is 11.9 Å². The molecule has 5 heteroatoms. The van der Waals surface area contributed by atoms with E-state index in [2.05, 4.69) is 29.4 Å². The quantitative estimate of drug-likeness (QED) is 0.164. The Morgan fingerprint density at radius 3 is 2.35 bits per heavy atom. The fourth-order valence-corrected chi connectivity index (χ4v) is 2.85. The van der Waals surface area contributed by atoms with E-state index < -0.39 is 0 Å². The third kappa shape index (κ3) is 17.5. The number of rotatable bonds is 17. The van der Waals surface area contributed by atoms with Gasteiger partial charge in [-0.2, -0.15) is 5.48 Å². The third-order valence-corrected chi connectivity index (χ3v) is 4.25. The molecule has 152 valence electrons. The second kappa shape index (κ2) is 18.4. The van der Waals surface area contributed by atoms with Crippen LogP contribution >= 0.6 is 0 Å². The fraction of sp³-hybridized carbons (Fsp3) is 0.810. The topological polar surface area (TPSA) is 64.6 Å². The van der Waals surface area contributed by atoms with Crippen molar-refractivity contribution < 1.29 is 19.2 Å². The molecule has 0 rings (SSSR count). The molecule has 1 unspecified atom stereocenters. The maximum atomic E-state index is 11.2. The van der Waals surface area contributed by atoms with Crippen molar-refractivity contribution in [2.75, 3.05) is 7.05 Å². The van der Waals surface area contributed by atoms with Gasteiger partial charge in [0.25, 0.3) is 0 Å². The van der Waals surface area contributed by atoms with Crippen molar-refractivity contribution in [1.82, 2.24) is 5.48 Å². The zero-order chi connectivity index (χ0) is 19.5. The van der Waals surface area contributed by atoms with Crippen LogP contribution < -0.4 is 5.48 Å². The Morgan fingerprint density at radius 1 is 0.962 bits per heavy atom. The molecule has 0 aliphatic rings. The summed E-state index contributed by atoms with van der Waals surface area (Å²) in [5.41, 5.74) is 2.40. The van der Waals surface area contributed by atoms with Crippen LogP contribution in [0.1, 0.15) is 97.3 Å². The van der Waals surface area contributed by atoms with Crippen molar-refractivity contribution >= 4 is 11.9 Å². The molecule has 1 N–H and O–H groups in total.